The third-order valence-electron chi connectivity index (χ3n) is 5.08. The maximum Gasteiger partial charge on any atom is 0.266 e. The van der Waals surface area contributed by atoms with Gasteiger partial charge < -0.3 is 4.74 Å². The predicted octanol–water partition coefficient (Wildman–Crippen LogP) is 3.43. The zero-order chi connectivity index (χ0) is 19.5. The average molecular weight is 396 g/mol. The van der Waals surface area contributed by atoms with Gasteiger partial charge in [-0.1, -0.05) is 41.6 Å². The molecule has 5 nitrogen and oxygen atoms in total. The van der Waals surface area contributed by atoms with Gasteiger partial charge in [0, 0.05) is 25.4 Å². The topological polar surface area (TPSA) is 47.4 Å². The summed E-state index contributed by atoms with van der Waals surface area (Å²) in [5.41, 5.74) is 3.91. The number of fused-ring (bicyclic) bond motifs is 1. The number of ether oxygens (including phenoxy) is 1. The summed E-state index contributed by atoms with van der Waals surface area (Å²) < 4.78 is 7.20. The SMILES string of the molecule is Cc1ccc(-n2c(SCCN3CCOCC3)nc3ccccc3c2=O)c(C)c1. The molecule has 1 aromatic heterocycles. The third-order valence-corrected chi connectivity index (χ3v) is 6.00. The van der Waals surface area contributed by atoms with Crippen LogP contribution in [0.25, 0.3) is 16.6 Å². The van der Waals surface area contributed by atoms with Crippen LogP contribution in [0.3, 0.4) is 0 Å². The lowest BCUT2D eigenvalue weighted by molar-refractivity contribution is 0.0410. The van der Waals surface area contributed by atoms with E-state index in [1.54, 1.807) is 16.3 Å². The van der Waals surface area contributed by atoms with E-state index in [9.17, 15) is 4.79 Å². The minimum atomic E-state index is -0.00794. The number of benzene rings is 2. The monoisotopic (exact) mass is 395 g/mol. The van der Waals surface area contributed by atoms with Crippen LogP contribution >= 0.6 is 11.8 Å². The van der Waals surface area contributed by atoms with Crippen LogP contribution in [0, 0.1) is 13.8 Å². The first-order valence-corrected chi connectivity index (χ1v) is 10.6. The van der Waals surface area contributed by atoms with E-state index >= 15 is 0 Å². The maximum absolute atomic E-state index is 13.3. The third kappa shape index (κ3) is 3.99. The molecule has 0 spiro atoms. The van der Waals surface area contributed by atoms with Crippen LogP contribution in [0.15, 0.2) is 52.4 Å². The van der Waals surface area contributed by atoms with Crippen LogP contribution in [0.5, 0.6) is 0 Å². The van der Waals surface area contributed by atoms with Crippen molar-refractivity contribution in [2.45, 2.75) is 19.0 Å². The highest BCUT2D eigenvalue weighted by atomic mass is 32.2. The van der Waals surface area contributed by atoms with E-state index in [1.165, 1.54) is 5.56 Å². The summed E-state index contributed by atoms with van der Waals surface area (Å²) in [5, 5.41) is 1.41. The summed E-state index contributed by atoms with van der Waals surface area (Å²) in [6.45, 7) is 8.61. The molecule has 28 heavy (non-hydrogen) atoms. The van der Waals surface area contributed by atoms with E-state index in [2.05, 4.69) is 17.9 Å². The summed E-state index contributed by atoms with van der Waals surface area (Å²) in [6, 6.07) is 13.8. The normalized spacial score (nSPS) is 15.2. The molecule has 0 atom stereocenters. The van der Waals surface area contributed by atoms with Gasteiger partial charge in [-0.05, 0) is 37.6 Å². The van der Waals surface area contributed by atoms with Crippen molar-refractivity contribution in [2.24, 2.45) is 0 Å². The van der Waals surface area contributed by atoms with Crippen molar-refractivity contribution in [1.82, 2.24) is 14.5 Å². The highest BCUT2D eigenvalue weighted by Gasteiger charge is 2.16. The minimum absolute atomic E-state index is 0.00794. The first kappa shape index (κ1) is 19.2. The number of morpholine rings is 1. The van der Waals surface area contributed by atoms with Crippen LogP contribution in [0.1, 0.15) is 11.1 Å². The van der Waals surface area contributed by atoms with Gasteiger partial charge in [-0.3, -0.25) is 14.3 Å². The molecule has 4 rings (SSSR count). The van der Waals surface area contributed by atoms with Crippen LogP contribution in [0.4, 0.5) is 0 Å². The van der Waals surface area contributed by atoms with Gasteiger partial charge in [-0.2, -0.15) is 0 Å². The molecule has 0 amide bonds. The Morgan fingerprint density at radius 1 is 1.11 bits per heavy atom. The van der Waals surface area contributed by atoms with Crippen LogP contribution in [-0.4, -0.2) is 53.1 Å². The Hall–Kier alpha value is -2.15. The Balaban J connectivity index is 1.72. The van der Waals surface area contributed by atoms with Gasteiger partial charge in [-0.15, -0.1) is 0 Å². The first-order chi connectivity index (χ1) is 13.6. The zero-order valence-corrected chi connectivity index (χ0v) is 17.2. The van der Waals surface area contributed by atoms with Crippen molar-refractivity contribution in [3.05, 3.63) is 63.9 Å². The predicted molar refractivity (Wildman–Crippen MR) is 115 cm³/mol. The summed E-state index contributed by atoms with van der Waals surface area (Å²) in [7, 11) is 0. The van der Waals surface area contributed by atoms with Gasteiger partial charge in [-0.25, -0.2) is 4.98 Å². The van der Waals surface area contributed by atoms with Crippen LogP contribution in [0.2, 0.25) is 0 Å². The van der Waals surface area contributed by atoms with E-state index in [4.69, 9.17) is 9.72 Å². The molecule has 0 aliphatic carbocycles. The Bertz CT molecular complexity index is 1040. The number of aromatic nitrogens is 2. The fourth-order valence-corrected chi connectivity index (χ4v) is 4.57. The zero-order valence-electron chi connectivity index (χ0n) is 16.4. The van der Waals surface area contributed by atoms with E-state index in [1.807, 2.05) is 43.3 Å². The molecule has 0 bridgehead atoms. The van der Waals surface area contributed by atoms with Crippen LogP contribution < -0.4 is 5.56 Å². The van der Waals surface area contributed by atoms with Crippen molar-refractivity contribution in [3.8, 4) is 5.69 Å². The van der Waals surface area contributed by atoms with Gasteiger partial charge >= 0.3 is 0 Å². The molecule has 0 N–H and O–H groups in total. The van der Waals surface area contributed by atoms with Crippen LogP contribution in [-0.2, 0) is 4.74 Å². The molecule has 1 saturated heterocycles. The number of thioether (sulfide) groups is 1. The van der Waals surface area contributed by atoms with Crippen molar-refractivity contribution in [2.75, 3.05) is 38.6 Å². The largest absolute Gasteiger partial charge is 0.379 e. The van der Waals surface area contributed by atoms with E-state index in [-0.39, 0.29) is 5.56 Å². The Morgan fingerprint density at radius 2 is 1.89 bits per heavy atom. The first-order valence-electron chi connectivity index (χ1n) is 9.66. The molecule has 3 aromatic rings. The lowest BCUT2D eigenvalue weighted by Gasteiger charge is -2.26. The van der Waals surface area contributed by atoms with Gasteiger partial charge in [0.2, 0.25) is 0 Å². The van der Waals surface area contributed by atoms with E-state index in [0.717, 1.165) is 60.5 Å². The number of nitrogens with zero attached hydrogens (tertiary/aromatic N) is 3. The molecule has 146 valence electrons. The molecule has 1 aliphatic rings. The number of rotatable bonds is 5. The maximum atomic E-state index is 13.3. The molecule has 0 unspecified atom stereocenters. The Labute approximate surface area is 169 Å². The van der Waals surface area contributed by atoms with Crippen molar-refractivity contribution < 1.29 is 4.74 Å². The molecule has 0 radical (unpaired) electrons. The standard InChI is InChI=1S/C22H25N3O2S/c1-16-7-8-20(17(2)15-16)25-21(26)18-5-3-4-6-19(18)23-22(25)28-14-11-24-9-12-27-13-10-24/h3-8,15H,9-14H2,1-2H3. The molecular formula is C22H25N3O2S. The number of hydrogen-bond donors (Lipinski definition) is 0. The lowest BCUT2D eigenvalue weighted by Crippen LogP contribution is -2.37. The molecule has 1 fully saturated rings. The molecule has 1 aliphatic heterocycles. The second kappa shape index (κ2) is 8.47. The van der Waals surface area contributed by atoms with Gasteiger partial charge in [0.25, 0.3) is 5.56 Å². The minimum Gasteiger partial charge on any atom is -0.379 e. The quantitative estimate of drug-likeness (QED) is 0.489. The fraction of sp³-hybridized carbons (Fsp3) is 0.364. The molecule has 6 heteroatoms. The second-order valence-corrected chi connectivity index (χ2v) is 8.21. The van der Waals surface area contributed by atoms with E-state index < -0.39 is 0 Å². The average Bonchev–Trinajstić information content (AvgIpc) is 2.70. The Morgan fingerprint density at radius 3 is 2.68 bits per heavy atom. The highest BCUT2D eigenvalue weighted by Crippen LogP contribution is 2.24. The summed E-state index contributed by atoms with van der Waals surface area (Å²) in [6.07, 6.45) is 0. The summed E-state index contributed by atoms with van der Waals surface area (Å²) >= 11 is 1.65. The highest BCUT2D eigenvalue weighted by molar-refractivity contribution is 7.99. The molecule has 2 heterocycles. The Kier molecular flexibility index (Phi) is 5.80. The van der Waals surface area contributed by atoms with Crippen molar-refractivity contribution in [3.63, 3.8) is 0 Å². The summed E-state index contributed by atoms with van der Waals surface area (Å²) in [5.74, 6) is 0.885. The second-order valence-electron chi connectivity index (χ2n) is 7.14. The molecule has 0 saturated carbocycles. The fourth-order valence-electron chi connectivity index (χ4n) is 3.57. The number of hydrogen-bond acceptors (Lipinski definition) is 5. The van der Waals surface area contributed by atoms with Gasteiger partial charge in [0.1, 0.15) is 0 Å². The van der Waals surface area contributed by atoms with Gasteiger partial charge in [0.05, 0.1) is 29.8 Å². The van der Waals surface area contributed by atoms with Gasteiger partial charge in [0.15, 0.2) is 5.16 Å². The smallest absolute Gasteiger partial charge is 0.266 e. The summed E-state index contributed by atoms with van der Waals surface area (Å²) in [4.78, 5) is 20.6. The van der Waals surface area contributed by atoms with Crippen molar-refractivity contribution in [1.29, 1.82) is 0 Å². The molecular weight excluding hydrogens is 370 g/mol. The number of para-hydroxylation sites is 1. The van der Waals surface area contributed by atoms with E-state index in [0.29, 0.717) is 5.39 Å². The molecule has 2 aromatic carbocycles. The van der Waals surface area contributed by atoms with Crippen molar-refractivity contribution >= 4 is 22.7 Å². The lowest BCUT2D eigenvalue weighted by atomic mass is 10.1. The number of aryl methyl sites for hydroxylation is 2.